The molecule has 0 aliphatic carbocycles. The van der Waals surface area contributed by atoms with Gasteiger partial charge in [-0.1, -0.05) is 35.3 Å². The molecule has 0 spiro atoms. The van der Waals surface area contributed by atoms with Gasteiger partial charge in [0.05, 0.1) is 18.9 Å². The minimum Gasteiger partial charge on any atom is -0.378 e. The van der Waals surface area contributed by atoms with Gasteiger partial charge >= 0.3 is 0 Å². The van der Waals surface area contributed by atoms with Crippen molar-refractivity contribution in [2.45, 2.75) is 0 Å². The van der Waals surface area contributed by atoms with E-state index in [0.717, 1.165) is 30.2 Å². The van der Waals surface area contributed by atoms with Crippen LogP contribution in [0.15, 0.2) is 36.4 Å². The van der Waals surface area contributed by atoms with Crippen molar-refractivity contribution < 1.29 is 4.74 Å². The van der Waals surface area contributed by atoms with E-state index in [-0.39, 0.29) is 0 Å². The van der Waals surface area contributed by atoms with E-state index in [2.05, 4.69) is 9.88 Å². The fourth-order valence-electron chi connectivity index (χ4n) is 2.74. The molecule has 4 rings (SSSR count). The topological polar surface area (TPSA) is 42.7 Å². The van der Waals surface area contributed by atoms with Crippen molar-refractivity contribution in [2.75, 3.05) is 31.2 Å². The van der Waals surface area contributed by atoms with E-state index in [1.54, 1.807) is 0 Å². The zero-order valence-corrected chi connectivity index (χ0v) is 13.8. The number of benzene rings is 1. The van der Waals surface area contributed by atoms with Crippen LogP contribution in [0.3, 0.4) is 0 Å². The molecule has 1 saturated heterocycles. The maximum atomic E-state index is 6.19. The Balaban J connectivity index is 1.84. The Kier molecular flexibility index (Phi) is 3.85. The third-order valence-corrected chi connectivity index (χ3v) is 4.26. The molecular formula is C16H14Cl2N4O. The third kappa shape index (κ3) is 2.87. The molecule has 1 aromatic carbocycles. The Morgan fingerprint density at radius 3 is 2.65 bits per heavy atom. The van der Waals surface area contributed by atoms with Crippen LogP contribution in [0.4, 0.5) is 5.82 Å². The summed E-state index contributed by atoms with van der Waals surface area (Å²) in [6.07, 6.45) is 0. The highest BCUT2D eigenvalue weighted by Gasteiger charge is 2.17. The van der Waals surface area contributed by atoms with Gasteiger partial charge in [-0.05, 0) is 12.1 Å². The van der Waals surface area contributed by atoms with Crippen LogP contribution in [-0.2, 0) is 4.74 Å². The lowest BCUT2D eigenvalue weighted by Crippen LogP contribution is -2.37. The molecule has 1 aliphatic rings. The first-order valence-electron chi connectivity index (χ1n) is 7.36. The van der Waals surface area contributed by atoms with Gasteiger partial charge in [0.15, 0.2) is 5.65 Å². The van der Waals surface area contributed by atoms with Crippen molar-refractivity contribution in [3.05, 3.63) is 46.6 Å². The Morgan fingerprint density at radius 2 is 1.87 bits per heavy atom. The summed E-state index contributed by atoms with van der Waals surface area (Å²) in [5.74, 6) is 0.927. The molecule has 0 saturated carbocycles. The van der Waals surface area contributed by atoms with Crippen LogP contribution in [0, 0.1) is 0 Å². The number of aromatic nitrogens is 3. The van der Waals surface area contributed by atoms with E-state index >= 15 is 0 Å². The highest BCUT2D eigenvalue weighted by atomic mass is 35.5. The number of fused-ring (bicyclic) bond motifs is 1. The van der Waals surface area contributed by atoms with Crippen molar-refractivity contribution in [3.8, 4) is 11.3 Å². The van der Waals surface area contributed by atoms with Crippen molar-refractivity contribution in [3.63, 3.8) is 0 Å². The molecule has 0 radical (unpaired) electrons. The van der Waals surface area contributed by atoms with Crippen molar-refractivity contribution in [2.24, 2.45) is 0 Å². The van der Waals surface area contributed by atoms with Crippen molar-refractivity contribution >= 4 is 34.7 Å². The molecule has 0 atom stereocenters. The molecule has 0 unspecified atom stereocenters. The molecule has 3 aromatic rings. The van der Waals surface area contributed by atoms with Crippen LogP contribution >= 0.6 is 23.2 Å². The summed E-state index contributed by atoms with van der Waals surface area (Å²) >= 11 is 12.3. The molecule has 7 heteroatoms. The number of ether oxygens (including phenoxy) is 1. The fraction of sp³-hybridized carbons (Fsp3) is 0.250. The summed E-state index contributed by atoms with van der Waals surface area (Å²) in [5, 5.41) is 5.83. The number of halogens is 2. The fourth-order valence-corrected chi connectivity index (χ4v) is 3.11. The number of hydrogen-bond acceptors (Lipinski definition) is 4. The molecule has 0 N–H and O–H groups in total. The molecule has 23 heavy (non-hydrogen) atoms. The van der Waals surface area contributed by atoms with Gasteiger partial charge < -0.3 is 9.64 Å². The van der Waals surface area contributed by atoms with E-state index in [1.165, 1.54) is 0 Å². The van der Waals surface area contributed by atoms with Crippen LogP contribution in [0.5, 0.6) is 0 Å². The summed E-state index contributed by atoms with van der Waals surface area (Å²) < 4.78 is 7.24. The van der Waals surface area contributed by atoms with Crippen LogP contribution in [0.1, 0.15) is 0 Å². The van der Waals surface area contributed by atoms with Gasteiger partial charge in [-0.25, -0.2) is 4.98 Å². The van der Waals surface area contributed by atoms with Crippen LogP contribution in [0.25, 0.3) is 16.9 Å². The quantitative estimate of drug-likeness (QED) is 0.664. The molecule has 118 valence electrons. The van der Waals surface area contributed by atoms with Crippen LogP contribution in [0.2, 0.25) is 10.2 Å². The lowest BCUT2D eigenvalue weighted by Gasteiger charge is -2.28. The predicted molar refractivity (Wildman–Crippen MR) is 91.5 cm³/mol. The Hall–Kier alpha value is -1.82. The Morgan fingerprint density at radius 1 is 1.04 bits per heavy atom. The molecule has 1 fully saturated rings. The summed E-state index contributed by atoms with van der Waals surface area (Å²) in [6.45, 7) is 3.01. The molecular weight excluding hydrogens is 335 g/mol. The number of anilines is 1. The first kappa shape index (κ1) is 14.8. The van der Waals surface area contributed by atoms with E-state index in [1.807, 2.05) is 40.9 Å². The highest BCUT2D eigenvalue weighted by molar-refractivity contribution is 6.31. The van der Waals surface area contributed by atoms with Gasteiger partial charge in [0.2, 0.25) is 0 Å². The largest absolute Gasteiger partial charge is 0.378 e. The SMILES string of the molecule is Clc1cccc(-c2cc3nc(Cl)cc(N4CCOCC4)n3n2)c1. The smallest absolute Gasteiger partial charge is 0.159 e. The number of nitrogens with zero attached hydrogens (tertiary/aromatic N) is 4. The highest BCUT2D eigenvalue weighted by Crippen LogP contribution is 2.26. The minimum atomic E-state index is 0.455. The second-order valence-electron chi connectivity index (χ2n) is 5.35. The minimum absolute atomic E-state index is 0.455. The van der Waals surface area contributed by atoms with Gasteiger partial charge in [0.25, 0.3) is 0 Å². The average Bonchev–Trinajstić information content (AvgIpc) is 2.99. The van der Waals surface area contributed by atoms with Gasteiger partial charge in [-0.3, -0.25) is 0 Å². The maximum Gasteiger partial charge on any atom is 0.159 e. The number of hydrogen-bond donors (Lipinski definition) is 0. The summed E-state index contributed by atoms with van der Waals surface area (Å²) in [7, 11) is 0. The van der Waals surface area contributed by atoms with E-state index in [9.17, 15) is 0 Å². The monoisotopic (exact) mass is 348 g/mol. The summed E-state index contributed by atoms with van der Waals surface area (Å²) in [4.78, 5) is 6.58. The van der Waals surface area contributed by atoms with E-state index < -0.39 is 0 Å². The van der Waals surface area contributed by atoms with Crippen molar-refractivity contribution in [1.82, 2.24) is 14.6 Å². The maximum absolute atomic E-state index is 6.19. The van der Waals surface area contributed by atoms with Crippen molar-refractivity contribution in [1.29, 1.82) is 0 Å². The zero-order valence-electron chi connectivity index (χ0n) is 12.2. The second kappa shape index (κ2) is 6.00. The number of morpholine rings is 1. The standard InChI is InChI=1S/C16H14Cl2N4O/c17-12-3-1-2-11(8-12)13-9-15-19-14(18)10-16(22(15)20-13)21-4-6-23-7-5-21/h1-3,8-10H,4-7H2. The molecule has 0 bridgehead atoms. The zero-order chi connectivity index (χ0) is 15.8. The molecule has 0 amide bonds. The Labute approximate surface area is 143 Å². The lowest BCUT2D eigenvalue weighted by molar-refractivity contribution is 0.122. The summed E-state index contributed by atoms with van der Waals surface area (Å²) in [6, 6.07) is 11.4. The predicted octanol–water partition coefficient (Wildman–Crippen LogP) is 3.54. The number of rotatable bonds is 2. The second-order valence-corrected chi connectivity index (χ2v) is 6.17. The van der Waals surface area contributed by atoms with Gasteiger partial charge in [0.1, 0.15) is 11.0 Å². The van der Waals surface area contributed by atoms with Gasteiger partial charge in [0, 0.05) is 35.8 Å². The first-order valence-corrected chi connectivity index (χ1v) is 8.11. The third-order valence-electron chi connectivity index (χ3n) is 3.83. The van der Waals surface area contributed by atoms with E-state index in [0.29, 0.717) is 29.0 Å². The molecule has 1 aliphatic heterocycles. The van der Waals surface area contributed by atoms with Crippen LogP contribution < -0.4 is 4.90 Å². The average molecular weight is 349 g/mol. The summed E-state index contributed by atoms with van der Waals surface area (Å²) in [5.41, 5.74) is 2.48. The normalized spacial score (nSPS) is 15.3. The van der Waals surface area contributed by atoms with Crippen LogP contribution in [-0.4, -0.2) is 40.9 Å². The first-order chi connectivity index (χ1) is 11.2. The lowest BCUT2D eigenvalue weighted by atomic mass is 10.2. The molecule has 2 aromatic heterocycles. The Bertz CT molecular complexity index is 858. The molecule has 3 heterocycles. The van der Waals surface area contributed by atoms with Gasteiger partial charge in [-0.2, -0.15) is 9.61 Å². The molecule has 5 nitrogen and oxygen atoms in total. The van der Waals surface area contributed by atoms with Gasteiger partial charge in [-0.15, -0.1) is 0 Å². The van der Waals surface area contributed by atoms with E-state index in [4.69, 9.17) is 33.0 Å².